The summed E-state index contributed by atoms with van der Waals surface area (Å²) in [6, 6.07) is 15.4. The number of hydrogen-bond donors (Lipinski definition) is 2. The van der Waals surface area contributed by atoms with E-state index < -0.39 is 21.5 Å². The van der Waals surface area contributed by atoms with E-state index in [2.05, 4.69) is 15.0 Å². The van der Waals surface area contributed by atoms with E-state index in [1.165, 1.54) is 48.8 Å². The van der Waals surface area contributed by atoms with Crippen molar-refractivity contribution in [1.29, 1.82) is 0 Å². The number of amides is 1. The number of nitrogens with zero attached hydrogens (tertiary/aromatic N) is 2. The Balaban J connectivity index is 1.44. The summed E-state index contributed by atoms with van der Waals surface area (Å²) in [5, 5.41) is 5.02. The van der Waals surface area contributed by atoms with E-state index in [-0.39, 0.29) is 22.2 Å². The summed E-state index contributed by atoms with van der Waals surface area (Å²) in [5.74, 6) is -0.665. The average Bonchev–Trinajstić information content (AvgIpc) is 3.31. The Morgan fingerprint density at radius 1 is 1.12 bits per heavy atom. The largest absolute Gasteiger partial charge is 0.406 e. The fourth-order valence-corrected chi connectivity index (χ4v) is 4.89. The standard InChI is InChI=1S/C22H17ClN4O5S2/c23-16-4-1-3-15(13-16)14-32-27-11-2-5-19(21(27)29)20(28)25-17-6-8-18(9-7-17)34(30,31)26-22-24-10-12-33-22/h1-13H,14H2,(H,24,26)(H,25,28). The Hall–Kier alpha value is -3.67. The monoisotopic (exact) mass is 516 g/mol. The third kappa shape index (κ3) is 5.63. The second-order valence-corrected chi connectivity index (χ2v) is 9.89. The number of halogens is 1. The van der Waals surface area contributed by atoms with Gasteiger partial charge in [0.25, 0.3) is 21.5 Å². The lowest BCUT2D eigenvalue weighted by molar-refractivity contribution is 0.0863. The molecule has 34 heavy (non-hydrogen) atoms. The molecule has 0 saturated carbocycles. The summed E-state index contributed by atoms with van der Waals surface area (Å²) in [4.78, 5) is 34.7. The van der Waals surface area contributed by atoms with Crippen LogP contribution in [-0.4, -0.2) is 24.0 Å². The van der Waals surface area contributed by atoms with Gasteiger partial charge in [-0.2, -0.15) is 4.73 Å². The number of aromatic nitrogens is 2. The van der Waals surface area contributed by atoms with Gasteiger partial charge in [0.05, 0.1) is 4.90 Å². The first kappa shape index (κ1) is 23.5. The highest BCUT2D eigenvalue weighted by atomic mass is 35.5. The van der Waals surface area contributed by atoms with Crippen LogP contribution >= 0.6 is 22.9 Å². The van der Waals surface area contributed by atoms with Crippen LogP contribution in [0.15, 0.2) is 88.1 Å². The molecule has 2 aromatic carbocycles. The predicted molar refractivity (Wildman–Crippen MR) is 130 cm³/mol. The van der Waals surface area contributed by atoms with E-state index in [1.807, 2.05) is 0 Å². The molecule has 9 nitrogen and oxygen atoms in total. The maximum Gasteiger partial charge on any atom is 0.295 e. The van der Waals surface area contributed by atoms with Gasteiger partial charge in [0, 0.05) is 28.5 Å². The van der Waals surface area contributed by atoms with Gasteiger partial charge in [-0.05, 0) is 54.1 Å². The zero-order chi connectivity index (χ0) is 24.1. The van der Waals surface area contributed by atoms with Crippen molar-refractivity contribution in [3.05, 3.63) is 105 Å². The van der Waals surface area contributed by atoms with E-state index in [1.54, 1.807) is 29.6 Å². The summed E-state index contributed by atoms with van der Waals surface area (Å²) in [5.41, 5.74) is 0.283. The predicted octanol–water partition coefficient (Wildman–Crippen LogP) is 3.64. The average molecular weight is 517 g/mol. The Morgan fingerprint density at radius 3 is 2.62 bits per heavy atom. The van der Waals surface area contributed by atoms with Crippen LogP contribution in [0.4, 0.5) is 10.8 Å². The first-order valence-electron chi connectivity index (χ1n) is 9.75. The van der Waals surface area contributed by atoms with E-state index in [9.17, 15) is 18.0 Å². The summed E-state index contributed by atoms with van der Waals surface area (Å²) < 4.78 is 28.2. The quantitative estimate of drug-likeness (QED) is 0.369. The van der Waals surface area contributed by atoms with Crippen molar-refractivity contribution in [3.63, 3.8) is 0 Å². The molecule has 4 rings (SSSR count). The molecule has 0 aliphatic carbocycles. The number of pyridine rings is 1. The zero-order valence-corrected chi connectivity index (χ0v) is 19.7. The molecular weight excluding hydrogens is 500 g/mol. The minimum Gasteiger partial charge on any atom is -0.406 e. The van der Waals surface area contributed by atoms with E-state index >= 15 is 0 Å². The number of thiazole rings is 1. The summed E-state index contributed by atoms with van der Waals surface area (Å²) >= 11 is 7.10. The molecule has 2 aromatic heterocycles. The van der Waals surface area contributed by atoms with Crippen molar-refractivity contribution in [2.24, 2.45) is 0 Å². The van der Waals surface area contributed by atoms with E-state index in [0.29, 0.717) is 10.7 Å². The molecule has 0 radical (unpaired) electrons. The van der Waals surface area contributed by atoms with Crippen molar-refractivity contribution >= 4 is 49.7 Å². The zero-order valence-electron chi connectivity index (χ0n) is 17.3. The van der Waals surface area contributed by atoms with Crippen LogP contribution in [0.5, 0.6) is 0 Å². The highest BCUT2D eigenvalue weighted by Gasteiger charge is 2.17. The number of nitrogens with one attached hydrogen (secondary N) is 2. The van der Waals surface area contributed by atoms with Gasteiger partial charge in [-0.25, -0.2) is 13.4 Å². The van der Waals surface area contributed by atoms with Crippen molar-refractivity contribution in [2.45, 2.75) is 11.5 Å². The molecule has 0 aliphatic heterocycles. The normalized spacial score (nSPS) is 11.1. The topological polar surface area (TPSA) is 119 Å². The fraction of sp³-hybridized carbons (Fsp3) is 0.0455. The molecule has 0 bridgehead atoms. The van der Waals surface area contributed by atoms with Crippen LogP contribution < -0.4 is 20.4 Å². The van der Waals surface area contributed by atoms with Crippen molar-refractivity contribution < 1.29 is 18.0 Å². The molecule has 4 aromatic rings. The van der Waals surface area contributed by atoms with Gasteiger partial charge < -0.3 is 10.2 Å². The second-order valence-electron chi connectivity index (χ2n) is 6.88. The van der Waals surface area contributed by atoms with E-state index in [4.69, 9.17) is 16.4 Å². The number of carbonyl (C=O) groups excluding carboxylic acids is 1. The van der Waals surface area contributed by atoms with Gasteiger partial charge in [0.2, 0.25) is 0 Å². The molecule has 1 amide bonds. The Bertz CT molecular complexity index is 1470. The maximum absolute atomic E-state index is 12.7. The number of rotatable bonds is 8. The number of carbonyl (C=O) groups is 1. The molecular formula is C22H17ClN4O5S2. The van der Waals surface area contributed by atoms with Crippen LogP contribution in [0.1, 0.15) is 15.9 Å². The first-order valence-corrected chi connectivity index (χ1v) is 12.5. The van der Waals surface area contributed by atoms with Crippen molar-refractivity contribution in [3.8, 4) is 0 Å². The molecule has 0 atom stereocenters. The molecule has 174 valence electrons. The van der Waals surface area contributed by atoms with Gasteiger partial charge in [-0.3, -0.25) is 14.3 Å². The summed E-state index contributed by atoms with van der Waals surface area (Å²) in [6.45, 7) is 0.0799. The lowest BCUT2D eigenvalue weighted by atomic mass is 10.2. The molecule has 2 N–H and O–H groups in total. The van der Waals surface area contributed by atoms with Gasteiger partial charge in [-0.15, -0.1) is 11.3 Å². The maximum atomic E-state index is 12.7. The fourth-order valence-electron chi connectivity index (χ4n) is 2.88. The molecule has 0 unspecified atom stereocenters. The number of anilines is 2. The third-order valence-electron chi connectivity index (χ3n) is 4.50. The van der Waals surface area contributed by atoms with E-state index in [0.717, 1.165) is 21.6 Å². The van der Waals surface area contributed by atoms with Crippen LogP contribution in [-0.2, 0) is 16.6 Å². The van der Waals surface area contributed by atoms with Gasteiger partial charge >= 0.3 is 0 Å². The Morgan fingerprint density at radius 2 is 1.91 bits per heavy atom. The molecule has 0 saturated heterocycles. The third-order valence-corrected chi connectivity index (χ3v) is 6.90. The summed E-state index contributed by atoms with van der Waals surface area (Å²) in [6.07, 6.45) is 2.89. The van der Waals surface area contributed by atoms with Crippen molar-refractivity contribution in [1.82, 2.24) is 9.71 Å². The molecule has 2 heterocycles. The lowest BCUT2D eigenvalue weighted by Crippen LogP contribution is -2.32. The van der Waals surface area contributed by atoms with Crippen LogP contribution in [0.25, 0.3) is 0 Å². The molecule has 0 fully saturated rings. The number of sulfonamides is 1. The minimum absolute atomic E-state index is 0.00261. The van der Waals surface area contributed by atoms with Crippen LogP contribution in [0.2, 0.25) is 5.02 Å². The van der Waals surface area contributed by atoms with Gasteiger partial charge in [-0.1, -0.05) is 23.7 Å². The Labute approximate surface area is 203 Å². The highest BCUT2D eigenvalue weighted by molar-refractivity contribution is 7.93. The summed E-state index contributed by atoms with van der Waals surface area (Å²) in [7, 11) is -3.82. The smallest absolute Gasteiger partial charge is 0.295 e. The minimum atomic E-state index is -3.82. The Kier molecular flexibility index (Phi) is 6.96. The molecule has 12 heteroatoms. The SMILES string of the molecule is O=C(Nc1ccc(S(=O)(=O)Nc2nccs2)cc1)c1cccn(OCc2cccc(Cl)c2)c1=O. The highest BCUT2D eigenvalue weighted by Crippen LogP contribution is 2.20. The molecule has 0 spiro atoms. The molecule has 0 aliphatic rings. The first-order chi connectivity index (χ1) is 16.3. The lowest BCUT2D eigenvalue weighted by Gasteiger charge is -2.11. The van der Waals surface area contributed by atoms with Crippen molar-refractivity contribution in [2.75, 3.05) is 10.0 Å². The van der Waals surface area contributed by atoms with Crippen LogP contribution in [0, 0.1) is 0 Å². The van der Waals surface area contributed by atoms with Gasteiger partial charge in [0.1, 0.15) is 12.2 Å². The van der Waals surface area contributed by atoms with Gasteiger partial charge in [0.15, 0.2) is 5.13 Å². The second kappa shape index (κ2) is 10.1. The number of benzene rings is 2. The number of hydrogen-bond acceptors (Lipinski definition) is 7. The van der Waals surface area contributed by atoms with Crippen LogP contribution in [0.3, 0.4) is 0 Å².